The number of aromatic nitrogens is 2. The minimum absolute atomic E-state index is 0.0457. The molecule has 22 heavy (non-hydrogen) atoms. The van der Waals surface area contributed by atoms with Crippen molar-refractivity contribution in [1.82, 2.24) is 9.97 Å². The van der Waals surface area contributed by atoms with E-state index in [1.54, 1.807) is 24.5 Å². The molecule has 3 rings (SSSR count). The summed E-state index contributed by atoms with van der Waals surface area (Å²) in [5.41, 5.74) is 2.06. The molecule has 0 aliphatic carbocycles. The molecule has 0 spiro atoms. The molecule has 114 valence electrons. The van der Waals surface area contributed by atoms with E-state index in [0.29, 0.717) is 0 Å². The summed E-state index contributed by atoms with van der Waals surface area (Å²) in [6.07, 6.45) is 3.37. The van der Waals surface area contributed by atoms with E-state index in [4.69, 9.17) is 0 Å². The summed E-state index contributed by atoms with van der Waals surface area (Å²) >= 11 is 0. The second-order valence-electron chi connectivity index (χ2n) is 4.62. The number of hydrogen-bond acceptors (Lipinski definition) is 2. The van der Waals surface area contributed by atoms with Gasteiger partial charge in [-0.15, -0.1) is 0 Å². The fourth-order valence-corrected chi connectivity index (χ4v) is 1.36. The lowest BCUT2D eigenvalue weighted by atomic mass is 10.3. The van der Waals surface area contributed by atoms with Crippen LogP contribution in [0.4, 0.5) is 0 Å². The second kappa shape index (κ2) is 9.94. The molecular weight excluding hydrogens is 276 g/mol. The summed E-state index contributed by atoms with van der Waals surface area (Å²) in [5.74, 6) is 0. The van der Waals surface area contributed by atoms with Crippen molar-refractivity contribution >= 4 is 0 Å². The number of aryl methyl sites for hydroxylation is 2. The average molecular weight is 296 g/mol. The molecule has 0 saturated carbocycles. The highest BCUT2D eigenvalue weighted by molar-refractivity contribution is 5.05. The Labute approximate surface area is 129 Å². The third-order valence-electron chi connectivity index (χ3n) is 2.55. The molecule has 1 aromatic carbocycles. The van der Waals surface area contributed by atoms with Crippen molar-refractivity contribution in [2.24, 2.45) is 0 Å². The lowest BCUT2D eigenvalue weighted by Gasteiger charge is -1.83. The Morgan fingerprint density at radius 3 is 1.09 bits per heavy atom. The summed E-state index contributed by atoms with van der Waals surface area (Å²) in [5, 5.41) is 0. The highest BCUT2D eigenvalue weighted by Gasteiger charge is 1.79. The number of H-pyrrole nitrogens is 2. The van der Waals surface area contributed by atoms with Gasteiger partial charge in [-0.1, -0.05) is 48.5 Å². The highest BCUT2D eigenvalue weighted by atomic mass is 16.1. The van der Waals surface area contributed by atoms with Gasteiger partial charge in [0.1, 0.15) is 0 Å². The molecule has 0 amide bonds. The molecule has 2 N–H and O–H groups in total. The summed E-state index contributed by atoms with van der Waals surface area (Å²) in [7, 11) is 0. The van der Waals surface area contributed by atoms with Gasteiger partial charge in [-0.3, -0.25) is 9.59 Å². The van der Waals surface area contributed by atoms with Crippen LogP contribution in [-0.2, 0) is 0 Å². The molecule has 0 bridgehead atoms. The van der Waals surface area contributed by atoms with Crippen molar-refractivity contribution in [3.8, 4) is 0 Å². The van der Waals surface area contributed by atoms with Crippen LogP contribution >= 0.6 is 0 Å². The van der Waals surface area contributed by atoms with Crippen LogP contribution in [-0.4, -0.2) is 9.97 Å². The van der Waals surface area contributed by atoms with Gasteiger partial charge >= 0.3 is 0 Å². The Morgan fingerprint density at radius 1 is 0.591 bits per heavy atom. The third-order valence-corrected chi connectivity index (χ3v) is 2.55. The summed E-state index contributed by atoms with van der Waals surface area (Å²) in [4.78, 5) is 25.8. The van der Waals surface area contributed by atoms with Crippen LogP contribution in [0.5, 0.6) is 0 Å². The molecule has 4 heteroatoms. The molecule has 2 heterocycles. The van der Waals surface area contributed by atoms with E-state index >= 15 is 0 Å². The average Bonchev–Trinajstić information content (AvgIpc) is 2.56. The van der Waals surface area contributed by atoms with Gasteiger partial charge in [0, 0.05) is 24.5 Å². The van der Waals surface area contributed by atoms with Gasteiger partial charge in [0.15, 0.2) is 0 Å². The lowest BCUT2D eigenvalue weighted by Crippen LogP contribution is -2.00. The molecular formula is C18H20N2O2. The van der Waals surface area contributed by atoms with Gasteiger partial charge in [0.05, 0.1) is 0 Å². The van der Waals surface area contributed by atoms with Crippen LogP contribution in [0.1, 0.15) is 11.1 Å². The van der Waals surface area contributed by atoms with Gasteiger partial charge in [-0.25, -0.2) is 0 Å². The van der Waals surface area contributed by atoms with Crippen molar-refractivity contribution in [1.29, 1.82) is 0 Å². The molecule has 0 unspecified atom stereocenters. The number of benzene rings is 1. The summed E-state index contributed by atoms with van der Waals surface area (Å²) in [6.45, 7) is 3.85. The van der Waals surface area contributed by atoms with E-state index in [1.807, 2.05) is 50.2 Å². The normalized spacial score (nSPS) is 8.82. The van der Waals surface area contributed by atoms with E-state index in [1.165, 1.54) is 12.1 Å². The molecule has 2 aromatic heterocycles. The first-order chi connectivity index (χ1) is 10.6. The molecule has 4 nitrogen and oxygen atoms in total. The van der Waals surface area contributed by atoms with Crippen molar-refractivity contribution in [2.75, 3.05) is 0 Å². The Kier molecular flexibility index (Phi) is 7.76. The lowest BCUT2D eigenvalue weighted by molar-refractivity contribution is 1.20. The van der Waals surface area contributed by atoms with Crippen molar-refractivity contribution in [3.05, 3.63) is 105 Å². The minimum Gasteiger partial charge on any atom is -0.329 e. The first-order valence-corrected chi connectivity index (χ1v) is 6.88. The van der Waals surface area contributed by atoms with Crippen LogP contribution < -0.4 is 11.1 Å². The highest BCUT2D eigenvalue weighted by Crippen LogP contribution is 1.85. The standard InChI is InChI=1S/2C6H7NO.C6H6/c2*1-5-2-3-6(8)7-4-5;1-2-4-6-5-3-1/h2*2-4H,1H3,(H,7,8);1-6H. The molecule has 0 atom stereocenters. The number of aromatic amines is 2. The van der Waals surface area contributed by atoms with Crippen LogP contribution in [0.15, 0.2) is 82.6 Å². The fourth-order valence-electron chi connectivity index (χ4n) is 1.36. The number of pyridine rings is 2. The maximum absolute atomic E-state index is 10.4. The second-order valence-corrected chi connectivity index (χ2v) is 4.62. The zero-order chi connectivity index (χ0) is 16.2. The zero-order valence-corrected chi connectivity index (χ0v) is 12.7. The monoisotopic (exact) mass is 296 g/mol. The molecule has 0 saturated heterocycles. The van der Waals surface area contributed by atoms with Crippen LogP contribution in [0.2, 0.25) is 0 Å². The van der Waals surface area contributed by atoms with Crippen LogP contribution in [0, 0.1) is 13.8 Å². The van der Waals surface area contributed by atoms with E-state index in [0.717, 1.165) is 11.1 Å². The van der Waals surface area contributed by atoms with Crippen molar-refractivity contribution in [2.45, 2.75) is 13.8 Å². The van der Waals surface area contributed by atoms with Gasteiger partial charge in [-0.2, -0.15) is 0 Å². The molecule has 0 fully saturated rings. The SMILES string of the molecule is Cc1ccc(=O)[nH]c1.Cc1ccc(=O)[nH]c1.c1ccccc1. The van der Waals surface area contributed by atoms with E-state index in [-0.39, 0.29) is 11.1 Å². The predicted molar refractivity (Wildman–Crippen MR) is 90.0 cm³/mol. The zero-order valence-electron chi connectivity index (χ0n) is 12.7. The van der Waals surface area contributed by atoms with Crippen LogP contribution in [0.3, 0.4) is 0 Å². The molecule has 3 aromatic rings. The Bertz CT molecular complexity index is 643. The first-order valence-electron chi connectivity index (χ1n) is 6.88. The summed E-state index contributed by atoms with van der Waals surface area (Å²) < 4.78 is 0. The van der Waals surface area contributed by atoms with Gasteiger partial charge in [-0.05, 0) is 25.0 Å². The van der Waals surface area contributed by atoms with E-state index in [2.05, 4.69) is 9.97 Å². The first kappa shape index (κ1) is 17.2. The molecule has 0 aliphatic heterocycles. The van der Waals surface area contributed by atoms with Crippen LogP contribution in [0.25, 0.3) is 0 Å². The van der Waals surface area contributed by atoms with Gasteiger partial charge in [0.2, 0.25) is 11.1 Å². The molecule has 0 aliphatic rings. The van der Waals surface area contributed by atoms with E-state index in [9.17, 15) is 9.59 Å². The summed E-state index contributed by atoms with van der Waals surface area (Å²) in [6, 6.07) is 18.6. The molecule has 0 radical (unpaired) electrons. The minimum atomic E-state index is -0.0457. The van der Waals surface area contributed by atoms with Gasteiger partial charge < -0.3 is 9.97 Å². The number of hydrogen-bond donors (Lipinski definition) is 2. The smallest absolute Gasteiger partial charge is 0.247 e. The predicted octanol–water partition coefficient (Wildman–Crippen LogP) is 3.05. The fraction of sp³-hybridized carbons (Fsp3) is 0.111. The van der Waals surface area contributed by atoms with Gasteiger partial charge in [0.25, 0.3) is 0 Å². The Morgan fingerprint density at radius 2 is 0.909 bits per heavy atom. The third kappa shape index (κ3) is 8.32. The maximum Gasteiger partial charge on any atom is 0.247 e. The number of rotatable bonds is 0. The Hall–Kier alpha value is -2.88. The maximum atomic E-state index is 10.4. The van der Waals surface area contributed by atoms with Crippen molar-refractivity contribution < 1.29 is 0 Å². The number of nitrogens with one attached hydrogen (secondary N) is 2. The largest absolute Gasteiger partial charge is 0.329 e. The quantitative estimate of drug-likeness (QED) is 0.669. The Balaban J connectivity index is 0.000000167. The van der Waals surface area contributed by atoms with Crippen molar-refractivity contribution in [3.63, 3.8) is 0 Å². The van der Waals surface area contributed by atoms with E-state index < -0.39 is 0 Å². The topological polar surface area (TPSA) is 65.7 Å².